The second-order valence-electron chi connectivity index (χ2n) is 7.50. The van der Waals surface area contributed by atoms with E-state index in [2.05, 4.69) is 15.4 Å². The Kier molecular flexibility index (Phi) is 6.26. The van der Waals surface area contributed by atoms with Crippen LogP contribution in [0.5, 0.6) is 5.75 Å². The van der Waals surface area contributed by atoms with Crippen molar-refractivity contribution in [3.8, 4) is 11.4 Å². The molecule has 0 aliphatic carbocycles. The maximum absolute atomic E-state index is 12.7. The van der Waals surface area contributed by atoms with Gasteiger partial charge in [-0.15, -0.1) is 0 Å². The zero-order valence-corrected chi connectivity index (χ0v) is 17.4. The first-order valence-electron chi connectivity index (χ1n) is 10.3. The molecule has 8 heteroatoms. The largest absolute Gasteiger partial charge is 0.496 e. The Morgan fingerprint density at radius 3 is 2.52 bits per heavy atom. The number of benzene rings is 2. The van der Waals surface area contributed by atoms with Crippen LogP contribution in [0.1, 0.15) is 28.8 Å². The summed E-state index contributed by atoms with van der Waals surface area (Å²) >= 11 is 0. The molecule has 1 aliphatic rings. The molecule has 0 saturated carbocycles. The Hall–Kier alpha value is -3.68. The van der Waals surface area contributed by atoms with Crippen molar-refractivity contribution in [1.29, 1.82) is 0 Å². The molecule has 0 spiro atoms. The van der Waals surface area contributed by atoms with Gasteiger partial charge in [-0.1, -0.05) is 18.2 Å². The smallest absolute Gasteiger partial charge is 0.251 e. The molecule has 1 N–H and O–H groups in total. The van der Waals surface area contributed by atoms with Gasteiger partial charge in [0.2, 0.25) is 5.91 Å². The van der Waals surface area contributed by atoms with Crippen molar-refractivity contribution in [3.05, 3.63) is 72.3 Å². The summed E-state index contributed by atoms with van der Waals surface area (Å²) in [5, 5.41) is 7.16. The highest BCUT2D eigenvalue weighted by Crippen LogP contribution is 2.20. The molecule has 2 aromatic carbocycles. The summed E-state index contributed by atoms with van der Waals surface area (Å²) in [6.07, 6.45) is 4.87. The highest BCUT2D eigenvalue weighted by Gasteiger charge is 2.24. The number of piperidine rings is 1. The molecule has 1 aliphatic heterocycles. The first-order chi connectivity index (χ1) is 15.1. The van der Waals surface area contributed by atoms with Crippen molar-refractivity contribution in [2.45, 2.75) is 25.3 Å². The molecule has 0 atom stereocenters. The average molecular weight is 419 g/mol. The number of hydrogen-bond acceptors (Lipinski definition) is 5. The summed E-state index contributed by atoms with van der Waals surface area (Å²) in [4.78, 5) is 31.1. The summed E-state index contributed by atoms with van der Waals surface area (Å²) in [5.41, 5.74) is 2.33. The number of nitrogens with zero attached hydrogens (tertiary/aromatic N) is 4. The Bertz CT molecular complexity index is 1030. The highest BCUT2D eigenvalue weighted by molar-refractivity contribution is 5.94. The van der Waals surface area contributed by atoms with E-state index in [-0.39, 0.29) is 17.9 Å². The first-order valence-corrected chi connectivity index (χ1v) is 10.3. The molecule has 8 nitrogen and oxygen atoms in total. The SMILES string of the molecule is COc1ccccc1CC(=O)N1CCC(NC(=O)c2ccc(-n3cncn3)cc2)CC1. The van der Waals surface area contributed by atoms with Crippen LogP contribution in [0.15, 0.2) is 61.2 Å². The van der Waals surface area contributed by atoms with Crippen LogP contribution in [0.3, 0.4) is 0 Å². The number of carbonyl (C=O) groups excluding carboxylic acids is 2. The Morgan fingerprint density at radius 2 is 1.84 bits per heavy atom. The van der Waals surface area contributed by atoms with Crippen LogP contribution in [0, 0.1) is 0 Å². The lowest BCUT2D eigenvalue weighted by molar-refractivity contribution is -0.131. The van der Waals surface area contributed by atoms with E-state index >= 15 is 0 Å². The third kappa shape index (κ3) is 4.91. The molecular formula is C23H25N5O3. The van der Waals surface area contributed by atoms with E-state index in [0.717, 1.165) is 29.8 Å². The van der Waals surface area contributed by atoms with Crippen LogP contribution < -0.4 is 10.1 Å². The molecule has 1 fully saturated rings. The molecular weight excluding hydrogens is 394 g/mol. The number of nitrogens with one attached hydrogen (secondary N) is 1. The summed E-state index contributed by atoms with van der Waals surface area (Å²) in [7, 11) is 1.61. The molecule has 3 aromatic rings. The van der Waals surface area contributed by atoms with Gasteiger partial charge < -0.3 is 15.0 Å². The number of amides is 2. The van der Waals surface area contributed by atoms with Gasteiger partial charge in [0.25, 0.3) is 5.91 Å². The molecule has 160 valence electrons. The van der Waals surface area contributed by atoms with Gasteiger partial charge in [0.15, 0.2) is 0 Å². The number of carbonyl (C=O) groups is 2. The second kappa shape index (κ2) is 9.42. The van der Waals surface area contributed by atoms with Gasteiger partial charge in [0, 0.05) is 30.3 Å². The lowest BCUT2D eigenvalue weighted by Crippen LogP contribution is -2.47. The number of ether oxygens (including phenoxy) is 1. The third-order valence-electron chi connectivity index (χ3n) is 5.53. The number of likely N-dealkylation sites (tertiary alicyclic amines) is 1. The predicted octanol–water partition coefficient (Wildman–Crippen LogP) is 2.24. The fourth-order valence-electron chi connectivity index (χ4n) is 3.77. The number of aromatic nitrogens is 3. The molecule has 1 aromatic heterocycles. The standard InChI is InChI=1S/C23H25N5O3/c1-31-21-5-3-2-4-18(21)14-22(29)27-12-10-19(11-13-27)26-23(30)17-6-8-20(9-7-17)28-16-24-15-25-28/h2-9,15-16,19H,10-14H2,1H3,(H,26,30). The summed E-state index contributed by atoms with van der Waals surface area (Å²) in [5.74, 6) is 0.703. The molecule has 2 amide bonds. The lowest BCUT2D eigenvalue weighted by atomic mass is 10.0. The van der Waals surface area contributed by atoms with Gasteiger partial charge in [0.05, 0.1) is 19.2 Å². The summed E-state index contributed by atoms with van der Waals surface area (Å²) in [6.45, 7) is 1.26. The number of hydrogen-bond donors (Lipinski definition) is 1. The zero-order valence-electron chi connectivity index (χ0n) is 17.4. The lowest BCUT2D eigenvalue weighted by Gasteiger charge is -2.32. The van der Waals surface area contributed by atoms with E-state index in [9.17, 15) is 9.59 Å². The van der Waals surface area contributed by atoms with Crippen LogP contribution in [0.25, 0.3) is 5.69 Å². The van der Waals surface area contributed by atoms with Crippen molar-refractivity contribution in [2.24, 2.45) is 0 Å². The van der Waals surface area contributed by atoms with Crippen molar-refractivity contribution < 1.29 is 14.3 Å². The predicted molar refractivity (Wildman–Crippen MR) is 115 cm³/mol. The maximum atomic E-state index is 12.7. The number of methoxy groups -OCH3 is 1. The Balaban J connectivity index is 1.28. The van der Waals surface area contributed by atoms with Crippen molar-refractivity contribution in [1.82, 2.24) is 25.0 Å². The minimum absolute atomic E-state index is 0.0535. The Morgan fingerprint density at radius 1 is 1.10 bits per heavy atom. The number of rotatable bonds is 6. The first kappa shape index (κ1) is 20.6. The molecule has 31 heavy (non-hydrogen) atoms. The van der Waals surface area contributed by atoms with E-state index in [1.165, 1.54) is 6.33 Å². The fourth-order valence-corrected chi connectivity index (χ4v) is 3.77. The molecule has 2 heterocycles. The van der Waals surface area contributed by atoms with Crippen molar-refractivity contribution >= 4 is 11.8 Å². The molecule has 0 radical (unpaired) electrons. The van der Waals surface area contributed by atoms with Crippen LogP contribution >= 0.6 is 0 Å². The fraction of sp³-hybridized carbons (Fsp3) is 0.304. The molecule has 4 rings (SSSR count). The van der Waals surface area contributed by atoms with Crippen molar-refractivity contribution in [2.75, 3.05) is 20.2 Å². The van der Waals surface area contributed by atoms with Gasteiger partial charge >= 0.3 is 0 Å². The number of para-hydroxylation sites is 1. The molecule has 0 bridgehead atoms. The minimum atomic E-state index is -0.107. The quantitative estimate of drug-likeness (QED) is 0.662. The van der Waals surface area contributed by atoms with E-state index in [4.69, 9.17) is 4.74 Å². The van der Waals surface area contributed by atoms with E-state index in [1.54, 1.807) is 30.3 Å². The average Bonchev–Trinajstić information content (AvgIpc) is 3.35. The maximum Gasteiger partial charge on any atom is 0.251 e. The molecule has 1 saturated heterocycles. The highest BCUT2D eigenvalue weighted by atomic mass is 16.5. The van der Waals surface area contributed by atoms with E-state index < -0.39 is 0 Å². The van der Waals surface area contributed by atoms with Crippen LogP contribution in [-0.4, -0.2) is 57.7 Å². The van der Waals surface area contributed by atoms with Gasteiger partial charge in [-0.25, -0.2) is 9.67 Å². The van der Waals surface area contributed by atoms with Crippen LogP contribution in [0.4, 0.5) is 0 Å². The van der Waals surface area contributed by atoms with Gasteiger partial charge in [-0.2, -0.15) is 5.10 Å². The van der Waals surface area contributed by atoms with Crippen LogP contribution in [0.2, 0.25) is 0 Å². The second-order valence-corrected chi connectivity index (χ2v) is 7.50. The normalized spacial score (nSPS) is 14.3. The van der Waals surface area contributed by atoms with E-state index in [0.29, 0.717) is 25.1 Å². The third-order valence-corrected chi connectivity index (χ3v) is 5.53. The molecule has 0 unspecified atom stereocenters. The van der Waals surface area contributed by atoms with Gasteiger partial charge in [0.1, 0.15) is 18.4 Å². The minimum Gasteiger partial charge on any atom is -0.496 e. The summed E-state index contributed by atoms with van der Waals surface area (Å²) < 4.78 is 6.98. The van der Waals surface area contributed by atoms with Gasteiger partial charge in [-0.05, 0) is 43.2 Å². The summed E-state index contributed by atoms with van der Waals surface area (Å²) in [6, 6.07) is 14.9. The van der Waals surface area contributed by atoms with Gasteiger partial charge in [-0.3, -0.25) is 9.59 Å². The van der Waals surface area contributed by atoms with E-state index in [1.807, 2.05) is 41.3 Å². The zero-order chi connectivity index (χ0) is 21.6. The topological polar surface area (TPSA) is 89.4 Å². The monoisotopic (exact) mass is 419 g/mol. The van der Waals surface area contributed by atoms with Crippen molar-refractivity contribution in [3.63, 3.8) is 0 Å². The van der Waals surface area contributed by atoms with Crippen LogP contribution in [-0.2, 0) is 11.2 Å². The Labute approximate surface area is 180 Å².